The normalized spacial score (nSPS) is 17.2. The van der Waals surface area contributed by atoms with Crippen molar-refractivity contribution >= 4 is 11.8 Å². The fourth-order valence-corrected chi connectivity index (χ4v) is 4.40. The van der Waals surface area contributed by atoms with Crippen molar-refractivity contribution in [3.8, 4) is 17.0 Å². The molecule has 0 unspecified atom stereocenters. The summed E-state index contributed by atoms with van der Waals surface area (Å²) in [6.45, 7) is 7.33. The van der Waals surface area contributed by atoms with Crippen molar-refractivity contribution in [1.29, 1.82) is 0 Å². The van der Waals surface area contributed by atoms with Crippen LogP contribution in [0, 0.1) is 0 Å². The second-order valence-electron chi connectivity index (χ2n) is 9.47. The fourth-order valence-electron chi connectivity index (χ4n) is 4.40. The summed E-state index contributed by atoms with van der Waals surface area (Å²) in [7, 11) is 1.62. The Hall–Kier alpha value is -3.65. The highest BCUT2D eigenvalue weighted by Gasteiger charge is 2.47. The first kappa shape index (κ1) is 25.4. The minimum Gasteiger partial charge on any atom is -0.497 e. The number of methoxy groups -OCH3 is 1. The van der Waals surface area contributed by atoms with Gasteiger partial charge in [0.05, 0.1) is 25.5 Å². The molecule has 2 amide bonds. The molecule has 1 aliphatic heterocycles. The van der Waals surface area contributed by atoms with Crippen LogP contribution in [0.5, 0.6) is 5.75 Å². The van der Waals surface area contributed by atoms with Crippen molar-refractivity contribution in [2.75, 3.05) is 20.3 Å². The summed E-state index contributed by atoms with van der Waals surface area (Å²) in [5, 5.41) is 7.73. The highest BCUT2D eigenvalue weighted by Crippen LogP contribution is 2.31. The van der Waals surface area contributed by atoms with E-state index in [0.717, 1.165) is 16.9 Å². The molecule has 36 heavy (non-hydrogen) atoms. The summed E-state index contributed by atoms with van der Waals surface area (Å²) in [5.74, 6) is 0.323. The zero-order valence-corrected chi connectivity index (χ0v) is 21.4. The van der Waals surface area contributed by atoms with Crippen LogP contribution in [0.25, 0.3) is 11.3 Å². The summed E-state index contributed by atoms with van der Waals surface area (Å²) >= 11 is 0. The van der Waals surface area contributed by atoms with E-state index in [4.69, 9.17) is 14.6 Å². The predicted octanol–water partition coefficient (Wildman–Crippen LogP) is 3.90. The first-order valence-electron chi connectivity index (χ1n) is 12.3. The van der Waals surface area contributed by atoms with E-state index in [1.165, 1.54) is 0 Å². The number of hydrogen-bond donors (Lipinski definition) is 1. The maximum Gasteiger partial charge on any atom is 0.273 e. The molecule has 1 atom stereocenters. The molecule has 8 heteroatoms. The Morgan fingerprint density at radius 2 is 1.86 bits per heavy atom. The minimum atomic E-state index is -1.10. The molecule has 2 aromatic carbocycles. The van der Waals surface area contributed by atoms with Crippen LogP contribution in [0.15, 0.2) is 60.7 Å². The van der Waals surface area contributed by atoms with Gasteiger partial charge in [-0.1, -0.05) is 30.3 Å². The van der Waals surface area contributed by atoms with Crippen molar-refractivity contribution in [2.24, 2.45) is 0 Å². The van der Waals surface area contributed by atoms with E-state index in [2.05, 4.69) is 5.32 Å². The molecule has 190 valence electrons. The summed E-state index contributed by atoms with van der Waals surface area (Å²) in [6, 6.07) is 19.1. The van der Waals surface area contributed by atoms with Crippen LogP contribution in [0.3, 0.4) is 0 Å². The van der Waals surface area contributed by atoms with E-state index < -0.39 is 5.54 Å². The molecule has 0 radical (unpaired) electrons. The molecule has 1 aromatic heterocycles. The Morgan fingerprint density at radius 3 is 2.53 bits per heavy atom. The van der Waals surface area contributed by atoms with Gasteiger partial charge in [-0.2, -0.15) is 5.10 Å². The number of carbonyl (C=O) groups excluding carboxylic acids is 2. The van der Waals surface area contributed by atoms with Crippen LogP contribution in [-0.2, 0) is 22.6 Å². The summed E-state index contributed by atoms with van der Waals surface area (Å²) in [4.78, 5) is 28.9. The molecule has 0 bridgehead atoms. The number of aromatic nitrogens is 2. The molecule has 8 nitrogen and oxygen atoms in total. The van der Waals surface area contributed by atoms with Gasteiger partial charge in [0.1, 0.15) is 17.0 Å². The first-order valence-corrected chi connectivity index (χ1v) is 12.3. The topological polar surface area (TPSA) is 85.7 Å². The Labute approximate surface area is 212 Å². The number of fused-ring (bicyclic) bond motifs is 1. The molecule has 4 rings (SSSR count). The first-order chi connectivity index (χ1) is 17.3. The van der Waals surface area contributed by atoms with E-state index in [1.54, 1.807) is 22.8 Å². The fraction of sp³-hybridized carbons (Fsp3) is 0.393. The average Bonchev–Trinajstić information content (AvgIpc) is 3.31. The van der Waals surface area contributed by atoms with Gasteiger partial charge in [0.15, 0.2) is 0 Å². The zero-order valence-electron chi connectivity index (χ0n) is 21.4. The van der Waals surface area contributed by atoms with Crippen LogP contribution >= 0.6 is 0 Å². The molecule has 2 heterocycles. The summed E-state index contributed by atoms with van der Waals surface area (Å²) in [5.41, 5.74) is 1.92. The van der Waals surface area contributed by atoms with E-state index in [-0.39, 0.29) is 24.5 Å². The van der Waals surface area contributed by atoms with Gasteiger partial charge in [0.2, 0.25) is 5.91 Å². The number of carbonyl (C=O) groups is 2. The van der Waals surface area contributed by atoms with Crippen molar-refractivity contribution in [1.82, 2.24) is 20.0 Å². The van der Waals surface area contributed by atoms with Crippen molar-refractivity contribution in [2.45, 2.75) is 51.9 Å². The van der Waals surface area contributed by atoms with Crippen molar-refractivity contribution in [3.05, 3.63) is 71.9 Å². The lowest BCUT2D eigenvalue weighted by Gasteiger charge is -2.43. The van der Waals surface area contributed by atoms with E-state index >= 15 is 0 Å². The standard InChI is InChI=1S/C28H34N4O4/c1-20(2)36-16-8-15-31-26(33)25-17-24(22-11-13-23(35-4)14-12-22)30-32(25)19-28(31,3)27(34)29-18-21-9-6-5-7-10-21/h5-7,9-14,17,20H,8,15-16,18-19H2,1-4H3,(H,29,34)/t28-/m1/s1. The third kappa shape index (κ3) is 5.44. The largest absolute Gasteiger partial charge is 0.497 e. The van der Waals surface area contributed by atoms with Crippen LogP contribution in [0.4, 0.5) is 0 Å². The SMILES string of the molecule is COc1ccc(-c2cc3n(n2)C[C@](C)(C(=O)NCc2ccccc2)N(CCCOC(C)C)C3=O)cc1. The smallest absolute Gasteiger partial charge is 0.273 e. The Bertz CT molecular complexity index is 1190. The number of ether oxygens (including phenoxy) is 2. The lowest BCUT2D eigenvalue weighted by molar-refractivity contribution is -0.133. The number of amides is 2. The van der Waals surface area contributed by atoms with Gasteiger partial charge in [-0.3, -0.25) is 14.3 Å². The van der Waals surface area contributed by atoms with Gasteiger partial charge in [-0.15, -0.1) is 0 Å². The number of benzene rings is 2. The molecular formula is C28H34N4O4. The van der Waals surface area contributed by atoms with Gasteiger partial charge in [-0.05, 0) is 63.1 Å². The lowest BCUT2D eigenvalue weighted by atomic mass is 9.94. The zero-order chi connectivity index (χ0) is 25.7. The van der Waals surface area contributed by atoms with Gasteiger partial charge in [0, 0.05) is 25.3 Å². The molecule has 1 aliphatic rings. The predicted molar refractivity (Wildman–Crippen MR) is 138 cm³/mol. The second-order valence-corrected chi connectivity index (χ2v) is 9.47. The maximum absolute atomic E-state index is 13.7. The Kier molecular flexibility index (Phi) is 7.74. The highest BCUT2D eigenvalue weighted by molar-refractivity contribution is 6.00. The van der Waals surface area contributed by atoms with Crippen molar-refractivity contribution in [3.63, 3.8) is 0 Å². The molecule has 0 saturated heterocycles. The monoisotopic (exact) mass is 490 g/mol. The van der Waals surface area contributed by atoms with Crippen molar-refractivity contribution < 1.29 is 19.1 Å². The molecule has 3 aromatic rings. The van der Waals surface area contributed by atoms with Gasteiger partial charge in [-0.25, -0.2) is 0 Å². The maximum atomic E-state index is 13.7. The average molecular weight is 491 g/mol. The van der Waals surface area contributed by atoms with Crippen LogP contribution in [0.1, 0.15) is 43.2 Å². The highest BCUT2D eigenvalue weighted by atomic mass is 16.5. The summed E-state index contributed by atoms with van der Waals surface area (Å²) in [6.07, 6.45) is 0.737. The molecule has 0 aliphatic carbocycles. The Morgan fingerprint density at radius 1 is 1.14 bits per heavy atom. The summed E-state index contributed by atoms with van der Waals surface area (Å²) < 4.78 is 12.6. The molecule has 0 saturated carbocycles. The van der Waals surface area contributed by atoms with Gasteiger partial charge in [0.25, 0.3) is 5.91 Å². The second kappa shape index (κ2) is 11.0. The van der Waals surface area contributed by atoms with Crippen LogP contribution < -0.4 is 10.1 Å². The lowest BCUT2D eigenvalue weighted by Crippen LogP contribution is -2.64. The number of rotatable bonds is 10. The third-order valence-corrected chi connectivity index (χ3v) is 6.45. The van der Waals surface area contributed by atoms with Crippen LogP contribution in [-0.4, -0.2) is 58.4 Å². The quantitative estimate of drug-likeness (QED) is 0.436. The van der Waals surface area contributed by atoms with E-state index in [0.29, 0.717) is 37.5 Å². The molecule has 0 spiro atoms. The van der Waals surface area contributed by atoms with Gasteiger partial charge >= 0.3 is 0 Å². The number of nitrogens with zero attached hydrogens (tertiary/aromatic N) is 3. The van der Waals surface area contributed by atoms with Gasteiger partial charge < -0.3 is 19.7 Å². The van der Waals surface area contributed by atoms with Crippen LogP contribution in [0.2, 0.25) is 0 Å². The van der Waals surface area contributed by atoms with E-state index in [9.17, 15) is 9.59 Å². The molecule has 1 N–H and O–H groups in total. The van der Waals surface area contributed by atoms with E-state index in [1.807, 2.05) is 75.4 Å². The number of hydrogen-bond acceptors (Lipinski definition) is 5. The number of nitrogens with one attached hydrogen (secondary N) is 1. The minimum absolute atomic E-state index is 0.107. The third-order valence-electron chi connectivity index (χ3n) is 6.45. The molecule has 0 fully saturated rings. The Balaban J connectivity index is 1.60. The molecular weight excluding hydrogens is 456 g/mol.